The Morgan fingerprint density at radius 1 is 1.20 bits per heavy atom. The molecule has 0 aliphatic heterocycles. The van der Waals surface area contributed by atoms with Crippen molar-refractivity contribution in [2.24, 2.45) is 0 Å². The van der Waals surface area contributed by atoms with E-state index in [1.165, 1.54) is 13.2 Å². The summed E-state index contributed by atoms with van der Waals surface area (Å²) in [7, 11) is 3.31. The molecule has 0 spiro atoms. The highest BCUT2D eigenvalue weighted by Gasteiger charge is 2.07. The number of halogens is 1. The Morgan fingerprint density at radius 3 is 2.60 bits per heavy atom. The van der Waals surface area contributed by atoms with Crippen molar-refractivity contribution in [3.05, 3.63) is 35.9 Å². The Morgan fingerprint density at radius 2 is 1.95 bits per heavy atom. The van der Waals surface area contributed by atoms with Crippen LogP contribution in [0, 0.1) is 5.82 Å². The first-order chi connectivity index (χ1) is 9.66. The van der Waals surface area contributed by atoms with E-state index in [9.17, 15) is 4.39 Å². The van der Waals surface area contributed by atoms with Gasteiger partial charge in [0.2, 0.25) is 0 Å². The minimum Gasteiger partial charge on any atom is -0.497 e. The van der Waals surface area contributed by atoms with Crippen LogP contribution in [0.1, 0.15) is 12.7 Å². The van der Waals surface area contributed by atoms with Crippen LogP contribution in [0.25, 0.3) is 0 Å². The second-order valence-electron chi connectivity index (χ2n) is 4.13. The van der Waals surface area contributed by atoms with Gasteiger partial charge in [0.05, 0.1) is 12.8 Å². The predicted molar refractivity (Wildman–Crippen MR) is 77.2 cm³/mol. The maximum atomic E-state index is 13.8. The van der Waals surface area contributed by atoms with Gasteiger partial charge in [0.15, 0.2) is 0 Å². The summed E-state index contributed by atoms with van der Waals surface area (Å²) in [6, 6.07) is 6.22. The number of hydrogen-bond acceptors (Lipinski definition) is 5. The average molecular weight is 276 g/mol. The molecule has 0 radical (unpaired) electrons. The average Bonchev–Trinajstić information content (AvgIpc) is 2.49. The van der Waals surface area contributed by atoms with Crippen LogP contribution in [0.15, 0.2) is 24.3 Å². The largest absolute Gasteiger partial charge is 0.497 e. The lowest BCUT2D eigenvalue weighted by atomic mass is 10.3. The number of hydrogen-bond donors (Lipinski definition) is 2. The molecule has 106 valence electrons. The summed E-state index contributed by atoms with van der Waals surface area (Å²) in [5.41, 5.74) is 0.312. The standard InChI is InChI=1S/C14H17FN4O/c1-4-12-18-13(16-2)8-14(19-12)17-11-7-9(20-3)5-6-10(11)15/h5-8H,4H2,1-3H3,(H2,16,17,18,19). The Bertz CT molecular complexity index is 581. The van der Waals surface area contributed by atoms with Crippen molar-refractivity contribution in [1.82, 2.24) is 9.97 Å². The van der Waals surface area contributed by atoms with Crippen LogP contribution in [0.2, 0.25) is 0 Å². The molecule has 5 nitrogen and oxygen atoms in total. The van der Waals surface area contributed by atoms with E-state index in [0.717, 1.165) is 0 Å². The second kappa shape index (κ2) is 6.18. The molecular formula is C14H17FN4O. The minimum atomic E-state index is -0.367. The third-order valence-electron chi connectivity index (χ3n) is 2.78. The van der Waals surface area contributed by atoms with Gasteiger partial charge in [0.1, 0.15) is 29.0 Å². The van der Waals surface area contributed by atoms with E-state index in [2.05, 4.69) is 20.6 Å². The molecule has 1 heterocycles. The smallest absolute Gasteiger partial charge is 0.146 e. The number of nitrogens with one attached hydrogen (secondary N) is 2. The third kappa shape index (κ3) is 3.14. The number of rotatable bonds is 5. The van der Waals surface area contributed by atoms with Crippen molar-refractivity contribution >= 4 is 17.3 Å². The highest BCUT2D eigenvalue weighted by atomic mass is 19.1. The van der Waals surface area contributed by atoms with Gasteiger partial charge in [-0.05, 0) is 12.1 Å². The van der Waals surface area contributed by atoms with Gasteiger partial charge in [-0.2, -0.15) is 0 Å². The fourth-order valence-corrected chi connectivity index (χ4v) is 1.71. The Hall–Kier alpha value is -2.37. The Labute approximate surface area is 117 Å². The van der Waals surface area contributed by atoms with Crippen LogP contribution in [0.5, 0.6) is 5.75 Å². The molecule has 2 rings (SSSR count). The van der Waals surface area contributed by atoms with E-state index in [1.54, 1.807) is 25.2 Å². The predicted octanol–water partition coefficient (Wildman–Crippen LogP) is 2.97. The summed E-state index contributed by atoms with van der Waals surface area (Å²) in [5.74, 6) is 2.11. The van der Waals surface area contributed by atoms with E-state index in [-0.39, 0.29) is 5.82 Å². The SMILES string of the molecule is CCc1nc(NC)cc(Nc2cc(OC)ccc2F)n1. The van der Waals surface area contributed by atoms with Crippen LogP contribution < -0.4 is 15.4 Å². The normalized spacial score (nSPS) is 10.2. The van der Waals surface area contributed by atoms with Crippen LogP contribution in [0.4, 0.5) is 21.7 Å². The van der Waals surface area contributed by atoms with Crippen LogP contribution >= 0.6 is 0 Å². The molecule has 0 saturated carbocycles. The zero-order chi connectivity index (χ0) is 14.5. The quantitative estimate of drug-likeness (QED) is 0.879. The fourth-order valence-electron chi connectivity index (χ4n) is 1.71. The third-order valence-corrected chi connectivity index (χ3v) is 2.78. The van der Waals surface area contributed by atoms with Gasteiger partial charge >= 0.3 is 0 Å². The van der Waals surface area contributed by atoms with E-state index in [0.29, 0.717) is 35.3 Å². The topological polar surface area (TPSA) is 59.1 Å². The Balaban J connectivity index is 2.33. The van der Waals surface area contributed by atoms with Gasteiger partial charge < -0.3 is 15.4 Å². The van der Waals surface area contributed by atoms with Crippen LogP contribution in [-0.4, -0.2) is 24.1 Å². The molecular weight excluding hydrogens is 259 g/mol. The van der Waals surface area contributed by atoms with Crippen molar-refractivity contribution < 1.29 is 9.13 Å². The van der Waals surface area contributed by atoms with Crippen molar-refractivity contribution in [3.63, 3.8) is 0 Å². The number of aromatic nitrogens is 2. The molecule has 0 atom stereocenters. The molecule has 0 bridgehead atoms. The zero-order valence-corrected chi connectivity index (χ0v) is 11.7. The van der Waals surface area contributed by atoms with Gasteiger partial charge in [-0.1, -0.05) is 6.92 Å². The van der Waals surface area contributed by atoms with Crippen molar-refractivity contribution in [2.75, 3.05) is 24.8 Å². The van der Waals surface area contributed by atoms with Crippen LogP contribution in [-0.2, 0) is 6.42 Å². The second-order valence-corrected chi connectivity index (χ2v) is 4.13. The molecule has 0 aliphatic carbocycles. The van der Waals surface area contributed by atoms with Gasteiger partial charge in [0.25, 0.3) is 0 Å². The summed E-state index contributed by atoms with van der Waals surface area (Å²) in [5, 5.41) is 5.91. The molecule has 1 aromatic heterocycles. The molecule has 0 saturated heterocycles. The molecule has 6 heteroatoms. The maximum absolute atomic E-state index is 13.8. The Kier molecular flexibility index (Phi) is 4.34. The number of benzene rings is 1. The van der Waals surface area contributed by atoms with Gasteiger partial charge in [-0.15, -0.1) is 0 Å². The maximum Gasteiger partial charge on any atom is 0.146 e. The summed E-state index contributed by atoms with van der Waals surface area (Å²) in [6.07, 6.45) is 0.699. The first-order valence-corrected chi connectivity index (χ1v) is 6.32. The molecule has 2 N–H and O–H groups in total. The summed E-state index contributed by atoms with van der Waals surface area (Å²) >= 11 is 0. The monoisotopic (exact) mass is 276 g/mol. The molecule has 2 aromatic rings. The molecule has 0 aliphatic rings. The number of anilines is 3. The van der Waals surface area contributed by atoms with E-state index < -0.39 is 0 Å². The number of nitrogens with zero attached hydrogens (tertiary/aromatic N) is 2. The minimum absolute atomic E-state index is 0.312. The van der Waals surface area contributed by atoms with E-state index >= 15 is 0 Å². The number of methoxy groups -OCH3 is 1. The molecule has 0 unspecified atom stereocenters. The summed E-state index contributed by atoms with van der Waals surface area (Å²) < 4.78 is 18.9. The number of ether oxygens (including phenoxy) is 1. The summed E-state index contributed by atoms with van der Waals surface area (Å²) in [4.78, 5) is 8.61. The van der Waals surface area contributed by atoms with Crippen LogP contribution in [0.3, 0.4) is 0 Å². The lowest BCUT2D eigenvalue weighted by Gasteiger charge is -2.11. The van der Waals surface area contributed by atoms with Crippen molar-refractivity contribution in [2.45, 2.75) is 13.3 Å². The lowest BCUT2D eigenvalue weighted by molar-refractivity contribution is 0.414. The highest BCUT2D eigenvalue weighted by Crippen LogP contribution is 2.24. The first-order valence-electron chi connectivity index (χ1n) is 6.32. The van der Waals surface area contributed by atoms with E-state index in [4.69, 9.17) is 4.74 Å². The van der Waals surface area contributed by atoms with Crippen molar-refractivity contribution in [3.8, 4) is 5.75 Å². The molecule has 0 fully saturated rings. The summed E-state index contributed by atoms with van der Waals surface area (Å²) in [6.45, 7) is 1.96. The fraction of sp³-hybridized carbons (Fsp3) is 0.286. The number of aryl methyl sites for hydroxylation is 1. The lowest BCUT2D eigenvalue weighted by Crippen LogP contribution is -2.04. The molecule has 1 aromatic carbocycles. The van der Waals surface area contributed by atoms with E-state index in [1.807, 2.05) is 6.92 Å². The van der Waals surface area contributed by atoms with Gasteiger partial charge in [-0.25, -0.2) is 14.4 Å². The molecule has 0 amide bonds. The first kappa shape index (κ1) is 14.0. The zero-order valence-electron chi connectivity index (χ0n) is 11.7. The van der Waals surface area contributed by atoms with Crippen molar-refractivity contribution in [1.29, 1.82) is 0 Å². The highest BCUT2D eigenvalue weighted by molar-refractivity contribution is 5.61. The van der Waals surface area contributed by atoms with Gasteiger partial charge in [0, 0.05) is 25.6 Å². The van der Waals surface area contributed by atoms with Gasteiger partial charge in [-0.3, -0.25) is 0 Å². The molecule has 20 heavy (non-hydrogen) atoms.